The summed E-state index contributed by atoms with van der Waals surface area (Å²) in [7, 11) is 4.73. The van der Waals surface area contributed by atoms with Gasteiger partial charge in [0.2, 0.25) is 5.75 Å². The van der Waals surface area contributed by atoms with Crippen LogP contribution < -0.4 is 14.2 Å². The van der Waals surface area contributed by atoms with Gasteiger partial charge in [-0.1, -0.05) is 29.8 Å². The third-order valence-corrected chi connectivity index (χ3v) is 6.14. The van der Waals surface area contributed by atoms with Crippen molar-refractivity contribution in [3.8, 4) is 17.2 Å². The quantitative estimate of drug-likeness (QED) is 0.280. The molecule has 4 nitrogen and oxygen atoms in total. The van der Waals surface area contributed by atoms with Crippen molar-refractivity contribution < 1.29 is 19.0 Å². The van der Waals surface area contributed by atoms with Crippen LogP contribution in [-0.2, 0) is 0 Å². The van der Waals surface area contributed by atoms with Gasteiger partial charge in [-0.25, -0.2) is 0 Å². The zero-order chi connectivity index (χ0) is 21.5. The van der Waals surface area contributed by atoms with Gasteiger partial charge in [0, 0.05) is 27.2 Å². The van der Waals surface area contributed by atoms with E-state index in [2.05, 4.69) is 0 Å². The fourth-order valence-corrected chi connectivity index (χ4v) is 4.38. The van der Waals surface area contributed by atoms with Gasteiger partial charge in [0.1, 0.15) is 0 Å². The van der Waals surface area contributed by atoms with Gasteiger partial charge >= 0.3 is 0 Å². The summed E-state index contributed by atoms with van der Waals surface area (Å²) in [5, 5.41) is 0.454. The lowest BCUT2D eigenvalue weighted by Gasteiger charge is -2.20. The molecule has 0 spiro atoms. The van der Waals surface area contributed by atoms with E-state index in [-0.39, 0.29) is 11.0 Å². The van der Waals surface area contributed by atoms with E-state index in [1.165, 1.54) is 0 Å². The van der Waals surface area contributed by atoms with Crippen LogP contribution in [0.4, 0.5) is 0 Å². The van der Waals surface area contributed by atoms with Crippen molar-refractivity contribution in [2.24, 2.45) is 0 Å². The van der Waals surface area contributed by atoms with Crippen molar-refractivity contribution in [1.82, 2.24) is 0 Å². The number of carbonyl (C=O) groups is 1. The molecule has 0 aliphatic rings. The molecular weight excluding hydrogens is 420 g/mol. The molecule has 0 saturated carbocycles. The second kappa shape index (κ2) is 10.4. The topological polar surface area (TPSA) is 44.8 Å². The maximum absolute atomic E-state index is 13.0. The molecule has 30 heavy (non-hydrogen) atoms. The van der Waals surface area contributed by atoms with E-state index in [1.807, 2.05) is 42.5 Å². The van der Waals surface area contributed by atoms with E-state index in [0.717, 1.165) is 10.5 Å². The summed E-state index contributed by atoms with van der Waals surface area (Å²) in [6.07, 6.45) is 0.305. The summed E-state index contributed by atoms with van der Waals surface area (Å²) >= 11 is 7.59. The van der Waals surface area contributed by atoms with Crippen LogP contribution in [0, 0.1) is 0 Å². The zero-order valence-corrected chi connectivity index (χ0v) is 18.6. The maximum Gasteiger partial charge on any atom is 0.203 e. The lowest BCUT2D eigenvalue weighted by molar-refractivity contribution is 0.0982. The molecule has 156 valence electrons. The maximum atomic E-state index is 13.0. The lowest BCUT2D eigenvalue weighted by Crippen LogP contribution is -2.06. The van der Waals surface area contributed by atoms with E-state index in [0.29, 0.717) is 34.3 Å². The van der Waals surface area contributed by atoms with Gasteiger partial charge in [-0.15, -0.1) is 11.8 Å². The SMILES string of the molecule is COc1cc([C@@H](CC(=O)c2ccc(Cl)cc2)Sc2ccccc2)cc(OC)c1OC. The summed E-state index contributed by atoms with van der Waals surface area (Å²) < 4.78 is 16.5. The molecule has 0 amide bonds. The first-order valence-electron chi connectivity index (χ1n) is 9.36. The van der Waals surface area contributed by atoms with Gasteiger partial charge in [-0.2, -0.15) is 0 Å². The molecule has 1 atom stereocenters. The second-order valence-corrected chi connectivity index (χ2v) is 8.22. The Kier molecular flexibility index (Phi) is 7.66. The first kappa shape index (κ1) is 22.1. The Labute approximate surface area is 186 Å². The summed E-state index contributed by atoms with van der Waals surface area (Å²) in [6, 6.07) is 20.8. The van der Waals surface area contributed by atoms with Crippen LogP contribution in [0.1, 0.15) is 27.6 Å². The predicted octanol–water partition coefficient (Wildman–Crippen LogP) is 6.47. The van der Waals surface area contributed by atoms with Crippen molar-refractivity contribution in [2.75, 3.05) is 21.3 Å². The molecule has 6 heteroatoms. The molecule has 0 heterocycles. The summed E-state index contributed by atoms with van der Waals surface area (Å²) in [5.74, 6) is 1.68. The first-order chi connectivity index (χ1) is 14.5. The van der Waals surface area contributed by atoms with Crippen LogP contribution in [0.2, 0.25) is 5.02 Å². The molecule has 3 rings (SSSR count). The molecule has 0 radical (unpaired) electrons. The number of Topliss-reactive ketones (excluding diaryl/α,β-unsaturated/α-hetero) is 1. The Morgan fingerprint density at radius 1 is 0.900 bits per heavy atom. The fraction of sp³-hybridized carbons (Fsp3) is 0.208. The van der Waals surface area contributed by atoms with Crippen molar-refractivity contribution in [1.29, 1.82) is 0 Å². The number of hydrogen-bond donors (Lipinski definition) is 0. The van der Waals surface area contributed by atoms with Gasteiger partial charge in [-0.05, 0) is 54.1 Å². The Bertz CT molecular complexity index is 965. The van der Waals surface area contributed by atoms with Crippen molar-refractivity contribution in [3.63, 3.8) is 0 Å². The molecule has 3 aromatic carbocycles. The number of methoxy groups -OCH3 is 3. The van der Waals surface area contributed by atoms with Crippen molar-refractivity contribution in [2.45, 2.75) is 16.6 Å². The van der Waals surface area contributed by atoms with Gasteiger partial charge in [0.05, 0.1) is 21.3 Å². The molecular formula is C24H23ClO4S. The first-order valence-corrected chi connectivity index (χ1v) is 10.6. The van der Waals surface area contributed by atoms with Gasteiger partial charge in [0.25, 0.3) is 0 Å². The summed E-state index contributed by atoms with van der Waals surface area (Å²) in [6.45, 7) is 0. The molecule has 0 bridgehead atoms. The van der Waals surface area contributed by atoms with Crippen LogP contribution in [0.3, 0.4) is 0 Å². The average Bonchev–Trinajstić information content (AvgIpc) is 2.78. The van der Waals surface area contributed by atoms with E-state index in [9.17, 15) is 4.79 Å². The highest BCUT2D eigenvalue weighted by Gasteiger charge is 2.23. The van der Waals surface area contributed by atoms with Crippen molar-refractivity contribution >= 4 is 29.1 Å². The Hall–Kier alpha value is -2.63. The summed E-state index contributed by atoms with van der Waals surface area (Å²) in [5.41, 5.74) is 1.55. The average molecular weight is 443 g/mol. The number of benzene rings is 3. The summed E-state index contributed by atoms with van der Waals surface area (Å²) in [4.78, 5) is 14.1. The number of carbonyl (C=O) groups excluding carboxylic acids is 1. The standard InChI is InChI=1S/C24H23ClO4S/c1-27-21-13-17(14-22(28-2)24(21)29-3)23(30-19-7-5-4-6-8-19)15-20(26)16-9-11-18(25)12-10-16/h4-14,23H,15H2,1-3H3/t23-/m1/s1. The molecule has 0 unspecified atom stereocenters. The monoisotopic (exact) mass is 442 g/mol. The van der Waals surface area contributed by atoms with E-state index >= 15 is 0 Å². The van der Waals surface area contributed by atoms with E-state index in [4.69, 9.17) is 25.8 Å². The van der Waals surface area contributed by atoms with Crippen LogP contribution in [0.5, 0.6) is 17.2 Å². The number of thioether (sulfide) groups is 1. The third-order valence-electron chi connectivity index (χ3n) is 4.62. The molecule has 0 fully saturated rings. The third kappa shape index (κ3) is 5.29. The molecule has 0 aromatic heterocycles. The predicted molar refractivity (Wildman–Crippen MR) is 122 cm³/mol. The minimum Gasteiger partial charge on any atom is -0.493 e. The van der Waals surface area contributed by atoms with Gasteiger partial charge in [0.15, 0.2) is 17.3 Å². The smallest absolute Gasteiger partial charge is 0.203 e. The Morgan fingerprint density at radius 3 is 2.03 bits per heavy atom. The van der Waals surface area contributed by atoms with Crippen LogP contribution in [0.25, 0.3) is 0 Å². The van der Waals surface area contributed by atoms with Crippen LogP contribution >= 0.6 is 23.4 Å². The largest absolute Gasteiger partial charge is 0.493 e. The molecule has 0 saturated heterocycles. The highest BCUT2D eigenvalue weighted by molar-refractivity contribution is 7.99. The second-order valence-electron chi connectivity index (χ2n) is 6.51. The Balaban J connectivity index is 1.98. The Morgan fingerprint density at radius 2 is 1.50 bits per heavy atom. The normalized spacial score (nSPS) is 11.6. The number of ether oxygens (including phenoxy) is 3. The zero-order valence-electron chi connectivity index (χ0n) is 17.1. The highest BCUT2D eigenvalue weighted by Crippen LogP contribution is 2.45. The molecule has 0 N–H and O–H groups in total. The molecule has 3 aromatic rings. The van der Waals surface area contributed by atoms with Gasteiger partial charge < -0.3 is 14.2 Å². The minimum absolute atomic E-state index is 0.0360. The van der Waals surface area contributed by atoms with Crippen LogP contribution in [0.15, 0.2) is 71.6 Å². The van der Waals surface area contributed by atoms with E-state index < -0.39 is 0 Å². The highest BCUT2D eigenvalue weighted by atomic mass is 35.5. The van der Waals surface area contributed by atoms with Crippen LogP contribution in [-0.4, -0.2) is 27.1 Å². The fourth-order valence-electron chi connectivity index (χ4n) is 3.10. The number of hydrogen-bond acceptors (Lipinski definition) is 5. The van der Waals surface area contributed by atoms with Crippen molar-refractivity contribution in [3.05, 3.63) is 82.9 Å². The number of rotatable bonds is 9. The molecule has 0 aliphatic carbocycles. The number of ketones is 1. The lowest BCUT2D eigenvalue weighted by atomic mass is 10.0. The van der Waals surface area contributed by atoms with E-state index in [1.54, 1.807) is 57.4 Å². The van der Waals surface area contributed by atoms with Gasteiger partial charge in [-0.3, -0.25) is 4.79 Å². The minimum atomic E-state index is -0.149. The molecule has 0 aliphatic heterocycles. The number of halogens is 1.